The summed E-state index contributed by atoms with van der Waals surface area (Å²) in [6.07, 6.45) is -20.8. The molecule has 0 aliphatic carbocycles. The summed E-state index contributed by atoms with van der Waals surface area (Å²) in [5, 5.41) is 0. The van der Waals surface area contributed by atoms with Gasteiger partial charge in [0.15, 0.2) is 6.10 Å². The van der Waals surface area contributed by atoms with Crippen LogP contribution in [0.3, 0.4) is 0 Å². The lowest BCUT2D eigenvalue weighted by molar-refractivity contribution is -0.466. The van der Waals surface area contributed by atoms with Crippen molar-refractivity contribution in [1.82, 2.24) is 0 Å². The Morgan fingerprint density at radius 2 is 1.57 bits per heavy atom. The van der Waals surface area contributed by atoms with E-state index < -0.39 is 56.4 Å². The molecule has 0 aromatic rings. The van der Waals surface area contributed by atoms with Crippen LogP contribution in [0.25, 0.3) is 0 Å². The van der Waals surface area contributed by atoms with Gasteiger partial charge in [-0.1, -0.05) is 0 Å². The Kier molecular flexibility index (Phi) is 5.30. The van der Waals surface area contributed by atoms with E-state index in [4.69, 9.17) is 0 Å². The topological polar surface area (TPSA) is 54.0 Å². The SMILES string of the molecule is O=C1OCC(COC(F)(F)C(F)(OCC(F)(F)F)C(F)(F)F)O1. The molecule has 0 aromatic heterocycles. The number of carbonyl (C=O) groups excluding carboxylic acids is 1. The van der Waals surface area contributed by atoms with Crippen molar-refractivity contribution in [3.63, 3.8) is 0 Å². The molecule has 0 N–H and O–H groups in total. The fourth-order valence-electron chi connectivity index (χ4n) is 1.25. The second-order valence-corrected chi connectivity index (χ2v) is 4.13. The zero-order valence-electron chi connectivity index (χ0n) is 10.6. The standard InChI is InChI=1S/C9H7F9O5/c10-6(11,12)3-22-7(13,8(14,15)16)9(17,18)21-2-4-1-20-5(19)23-4/h4H,1-3H2. The van der Waals surface area contributed by atoms with E-state index in [2.05, 4.69) is 18.9 Å². The Balaban J connectivity index is 2.84. The molecule has 136 valence electrons. The summed E-state index contributed by atoms with van der Waals surface area (Å²) in [5.74, 6) is -6.07. The van der Waals surface area contributed by atoms with Crippen molar-refractivity contribution in [2.24, 2.45) is 0 Å². The van der Waals surface area contributed by atoms with E-state index >= 15 is 0 Å². The molecule has 1 rings (SSSR count). The Morgan fingerprint density at radius 1 is 1.00 bits per heavy atom. The molecule has 1 fully saturated rings. The van der Waals surface area contributed by atoms with Crippen LogP contribution < -0.4 is 0 Å². The molecule has 1 aliphatic rings. The van der Waals surface area contributed by atoms with Crippen LogP contribution in [0.1, 0.15) is 0 Å². The zero-order valence-corrected chi connectivity index (χ0v) is 10.6. The second-order valence-electron chi connectivity index (χ2n) is 4.13. The van der Waals surface area contributed by atoms with Gasteiger partial charge >= 0.3 is 30.5 Å². The highest BCUT2D eigenvalue weighted by atomic mass is 19.4. The predicted molar refractivity (Wildman–Crippen MR) is 49.0 cm³/mol. The van der Waals surface area contributed by atoms with Crippen LogP contribution in [0.4, 0.5) is 44.3 Å². The van der Waals surface area contributed by atoms with E-state index in [9.17, 15) is 44.3 Å². The molecule has 2 unspecified atom stereocenters. The highest BCUT2D eigenvalue weighted by Crippen LogP contribution is 2.47. The van der Waals surface area contributed by atoms with Gasteiger partial charge in [-0.05, 0) is 0 Å². The van der Waals surface area contributed by atoms with Gasteiger partial charge in [0.1, 0.15) is 13.2 Å². The average molecular weight is 366 g/mol. The molecule has 23 heavy (non-hydrogen) atoms. The molecule has 1 saturated heterocycles. The Hall–Kier alpha value is -1.44. The van der Waals surface area contributed by atoms with Gasteiger partial charge in [-0.2, -0.15) is 39.5 Å². The lowest BCUT2D eigenvalue weighted by Gasteiger charge is -2.34. The summed E-state index contributed by atoms with van der Waals surface area (Å²) in [6, 6.07) is 0. The van der Waals surface area contributed by atoms with Gasteiger partial charge in [0.2, 0.25) is 0 Å². The molecule has 0 bridgehead atoms. The van der Waals surface area contributed by atoms with Crippen LogP contribution in [0, 0.1) is 0 Å². The molecule has 0 aromatic carbocycles. The molecular weight excluding hydrogens is 359 g/mol. The molecule has 1 aliphatic heterocycles. The maximum Gasteiger partial charge on any atom is 0.508 e. The Morgan fingerprint density at radius 3 is 1.96 bits per heavy atom. The molecule has 0 amide bonds. The molecule has 0 saturated carbocycles. The molecule has 1 heterocycles. The number of hydrogen-bond acceptors (Lipinski definition) is 5. The van der Waals surface area contributed by atoms with Crippen LogP contribution >= 0.6 is 0 Å². The highest BCUT2D eigenvalue weighted by Gasteiger charge is 2.75. The minimum atomic E-state index is -6.55. The molecular formula is C9H7F9O5. The number of carbonyl (C=O) groups is 1. The smallest absolute Gasteiger partial charge is 0.430 e. The third kappa shape index (κ3) is 4.76. The van der Waals surface area contributed by atoms with Crippen molar-refractivity contribution in [1.29, 1.82) is 0 Å². The highest BCUT2D eigenvalue weighted by molar-refractivity contribution is 5.61. The van der Waals surface area contributed by atoms with Gasteiger partial charge in [-0.15, -0.1) is 0 Å². The van der Waals surface area contributed by atoms with E-state index in [1.807, 2.05) is 0 Å². The molecule has 0 radical (unpaired) electrons. The van der Waals surface area contributed by atoms with Gasteiger partial charge in [-0.3, -0.25) is 0 Å². The second kappa shape index (κ2) is 6.22. The summed E-state index contributed by atoms with van der Waals surface area (Å²) < 4.78 is 127. The summed E-state index contributed by atoms with van der Waals surface area (Å²) in [7, 11) is 0. The molecule has 0 spiro atoms. The quantitative estimate of drug-likeness (QED) is 0.535. The first-order valence-corrected chi connectivity index (χ1v) is 5.49. The van der Waals surface area contributed by atoms with Crippen LogP contribution in [0.2, 0.25) is 0 Å². The first-order chi connectivity index (χ1) is 10.2. The minimum absolute atomic E-state index is 0.677. The largest absolute Gasteiger partial charge is 0.508 e. The predicted octanol–water partition coefficient (Wildman–Crippen LogP) is 2.94. The van der Waals surface area contributed by atoms with Crippen LogP contribution in [-0.4, -0.2) is 56.4 Å². The van der Waals surface area contributed by atoms with Gasteiger partial charge in [-0.25, -0.2) is 4.79 Å². The summed E-state index contributed by atoms with van der Waals surface area (Å²) >= 11 is 0. The van der Waals surface area contributed by atoms with E-state index in [0.29, 0.717) is 0 Å². The van der Waals surface area contributed by atoms with Crippen molar-refractivity contribution in [2.75, 3.05) is 19.8 Å². The monoisotopic (exact) mass is 366 g/mol. The summed E-state index contributed by atoms with van der Waals surface area (Å²) in [4.78, 5) is 10.5. The first kappa shape index (κ1) is 19.6. The number of ether oxygens (including phenoxy) is 4. The Bertz CT molecular complexity index is 434. The summed E-state index contributed by atoms with van der Waals surface area (Å²) in [5.41, 5.74) is 0. The van der Waals surface area contributed by atoms with E-state index in [0.717, 1.165) is 0 Å². The van der Waals surface area contributed by atoms with Crippen molar-refractivity contribution >= 4 is 6.16 Å². The van der Waals surface area contributed by atoms with Crippen molar-refractivity contribution in [3.8, 4) is 0 Å². The van der Waals surface area contributed by atoms with Gasteiger partial charge < -0.3 is 18.9 Å². The average Bonchev–Trinajstić information content (AvgIpc) is 2.77. The third-order valence-corrected chi connectivity index (χ3v) is 2.27. The lowest BCUT2D eigenvalue weighted by atomic mass is 10.2. The van der Waals surface area contributed by atoms with Gasteiger partial charge in [0.05, 0.1) is 6.61 Å². The number of halogens is 9. The third-order valence-electron chi connectivity index (χ3n) is 2.27. The normalized spacial score (nSPS) is 22.5. The van der Waals surface area contributed by atoms with Crippen molar-refractivity contribution < 1.29 is 63.3 Å². The number of hydrogen-bond donors (Lipinski definition) is 0. The molecule has 2 atom stereocenters. The van der Waals surface area contributed by atoms with Crippen molar-refractivity contribution in [3.05, 3.63) is 0 Å². The lowest BCUT2D eigenvalue weighted by Crippen LogP contribution is -2.59. The minimum Gasteiger partial charge on any atom is -0.430 e. The van der Waals surface area contributed by atoms with E-state index in [-0.39, 0.29) is 0 Å². The summed E-state index contributed by atoms with van der Waals surface area (Å²) in [6.45, 7) is -5.09. The van der Waals surface area contributed by atoms with Crippen LogP contribution in [-0.2, 0) is 18.9 Å². The fraction of sp³-hybridized carbons (Fsp3) is 0.889. The Labute approximate surface area is 121 Å². The fourth-order valence-corrected chi connectivity index (χ4v) is 1.25. The maximum absolute atomic E-state index is 13.5. The van der Waals surface area contributed by atoms with Crippen LogP contribution in [0.5, 0.6) is 0 Å². The zero-order chi connectivity index (χ0) is 18.1. The van der Waals surface area contributed by atoms with E-state index in [1.165, 1.54) is 0 Å². The maximum atomic E-state index is 13.5. The van der Waals surface area contributed by atoms with Gasteiger partial charge in [0.25, 0.3) is 0 Å². The number of alkyl halides is 9. The number of rotatable bonds is 6. The number of cyclic esters (lactones) is 2. The molecule has 5 nitrogen and oxygen atoms in total. The first-order valence-electron chi connectivity index (χ1n) is 5.49. The van der Waals surface area contributed by atoms with Crippen molar-refractivity contribution in [2.45, 2.75) is 30.4 Å². The molecule has 14 heteroatoms. The van der Waals surface area contributed by atoms with E-state index in [1.54, 1.807) is 0 Å². The van der Waals surface area contributed by atoms with Gasteiger partial charge in [0, 0.05) is 0 Å². The van der Waals surface area contributed by atoms with Crippen LogP contribution in [0.15, 0.2) is 0 Å².